The summed E-state index contributed by atoms with van der Waals surface area (Å²) >= 11 is 9.08. The molecule has 0 heterocycles. The highest BCUT2D eigenvalue weighted by Crippen LogP contribution is 2.26. The maximum absolute atomic E-state index is 13.7. The Bertz CT molecular complexity index is 569. The molecule has 112 valence electrons. The predicted molar refractivity (Wildman–Crippen MR) is 87.4 cm³/mol. The molecule has 1 unspecified atom stereocenters. The van der Waals surface area contributed by atoms with E-state index in [0.29, 0.717) is 11.2 Å². The lowest BCUT2D eigenvalue weighted by Gasteiger charge is -2.19. The van der Waals surface area contributed by atoms with Gasteiger partial charge in [-0.1, -0.05) is 46.3 Å². The van der Waals surface area contributed by atoms with Gasteiger partial charge in [0.25, 0.3) is 0 Å². The minimum absolute atomic E-state index is 0.105. The molecular weight excluding hydrogens is 360 g/mol. The van der Waals surface area contributed by atoms with Crippen LogP contribution in [0.4, 0.5) is 14.5 Å². The molecule has 21 heavy (non-hydrogen) atoms. The second-order valence-electron chi connectivity index (χ2n) is 4.63. The zero-order chi connectivity index (χ0) is 15.2. The average molecular weight is 375 g/mol. The summed E-state index contributed by atoms with van der Waals surface area (Å²) in [5, 5.41) is 3.45. The van der Waals surface area contributed by atoms with Gasteiger partial charge < -0.3 is 5.32 Å². The van der Waals surface area contributed by atoms with Crippen molar-refractivity contribution in [2.45, 2.75) is 12.5 Å². The van der Waals surface area contributed by atoms with Crippen molar-refractivity contribution in [2.24, 2.45) is 0 Å². The zero-order valence-electron chi connectivity index (χ0n) is 11.3. The topological polar surface area (TPSA) is 12.0 Å². The van der Waals surface area contributed by atoms with Crippen LogP contribution in [-0.2, 0) is 6.42 Å². The number of halogens is 4. The number of rotatable bonds is 6. The van der Waals surface area contributed by atoms with Crippen LogP contribution in [0.15, 0.2) is 42.5 Å². The van der Waals surface area contributed by atoms with Crippen molar-refractivity contribution < 1.29 is 8.78 Å². The van der Waals surface area contributed by atoms with E-state index in [1.165, 1.54) is 18.2 Å². The summed E-state index contributed by atoms with van der Waals surface area (Å²) in [5.74, 6) is -0.626. The van der Waals surface area contributed by atoms with E-state index >= 15 is 0 Å². The molecule has 0 amide bonds. The molecule has 0 bridgehead atoms. The van der Waals surface area contributed by atoms with E-state index in [4.69, 9.17) is 11.6 Å². The van der Waals surface area contributed by atoms with E-state index in [2.05, 4.69) is 21.2 Å². The lowest BCUT2D eigenvalue weighted by Crippen LogP contribution is -2.14. The van der Waals surface area contributed by atoms with Gasteiger partial charge in [-0.25, -0.2) is 8.78 Å². The predicted octanol–water partition coefficient (Wildman–Crippen LogP) is 5.29. The molecule has 1 nitrogen and oxygen atoms in total. The van der Waals surface area contributed by atoms with Crippen LogP contribution >= 0.6 is 27.5 Å². The van der Waals surface area contributed by atoms with Gasteiger partial charge in [0, 0.05) is 11.2 Å². The number of alkyl halides is 2. The van der Waals surface area contributed by atoms with Gasteiger partial charge in [-0.2, -0.15) is 0 Å². The Morgan fingerprint density at radius 2 is 1.67 bits per heavy atom. The minimum Gasteiger partial charge on any atom is -0.373 e. The van der Waals surface area contributed by atoms with E-state index in [0.717, 1.165) is 17.5 Å². The first-order valence-electron chi connectivity index (χ1n) is 6.57. The zero-order valence-corrected chi connectivity index (χ0v) is 13.6. The summed E-state index contributed by atoms with van der Waals surface area (Å²) in [6, 6.07) is 11.4. The Labute approximate surface area is 136 Å². The van der Waals surface area contributed by atoms with Gasteiger partial charge in [-0.3, -0.25) is 0 Å². The quantitative estimate of drug-likeness (QED) is 0.677. The van der Waals surface area contributed by atoms with Gasteiger partial charge in [-0.05, 0) is 29.7 Å². The molecule has 0 saturated heterocycles. The summed E-state index contributed by atoms with van der Waals surface area (Å²) in [4.78, 5) is 0. The Morgan fingerprint density at radius 1 is 1.05 bits per heavy atom. The Balaban J connectivity index is 2.19. The van der Waals surface area contributed by atoms with E-state index in [1.807, 2.05) is 24.3 Å². The fraction of sp³-hybridized carbons (Fsp3) is 0.250. The number of hydrogen-bond acceptors (Lipinski definition) is 1. The molecule has 1 atom stereocenters. The van der Waals surface area contributed by atoms with Crippen molar-refractivity contribution in [1.82, 2.24) is 0 Å². The second kappa shape index (κ2) is 7.76. The van der Waals surface area contributed by atoms with Crippen LogP contribution in [0.5, 0.6) is 0 Å². The van der Waals surface area contributed by atoms with Gasteiger partial charge in [0.1, 0.15) is 17.3 Å². The highest BCUT2D eigenvalue weighted by Gasteiger charge is 2.15. The molecule has 0 radical (unpaired) electrons. The largest absolute Gasteiger partial charge is 0.373 e. The third-order valence-corrected chi connectivity index (χ3v) is 4.04. The standard InChI is InChI=1S/C16H15BrClF2N/c17-10-15(12-6-4-11(5-7-12)8-9-18)21-16-13(19)2-1-3-14(16)20/h1-7,15,21H,8-10H2. The van der Waals surface area contributed by atoms with E-state index < -0.39 is 11.6 Å². The maximum Gasteiger partial charge on any atom is 0.149 e. The smallest absolute Gasteiger partial charge is 0.149 e. The molecule has 1 N–H and O–H groups in total. The molecule has 0 aliphatic rings. The highest BCUT2D eigenvalue weighted by atomic mass is 79.9. The van der Waals surface area contributed by atoms with E-state index in [-0.39, 0.29) is 11.7 Å². The van der Waals surface area contributed by atoms with E-state index in [1.54, 1.807) is 0 Å². The van der Waals surface area contributed by atoms with Crippen molar-refractivity contribution in [2.75, 3.05) is 16.5 Å². The summed E-state index contributed by atoms with van der Waals surface area (Å²) in [7, 11) is 0. The number of nitrogens with one attached hydrogen (secondary N) is 1. The van der Waals surface area contributed by atoms with Gasteiger partial charge in [0.2, 0.25) is 0 Å². The monoisotopic (exact) mass is 373 g/mol. The van der Waals surface area contributed by atoms with Gasteiger partial charge in [-0.15, -0.1) is 11.6 Å². The fourth-order valence-electron chi connectivity index (χ4n) is 2.05. The molecule has 2 rings (SSSR count). The number of aryl methyl sites for hydroxylation is 1. The Kier molecular flexibility index (Phi) is 6.00. The summed E-state index contributed by atoms with van der Waals surface area (Å²) in [6.07, 6.45) is 0.802. The molecule has 0 aromatic heterocycles. The van der Waals surface area contributed by atoms with Crippen LogP contribution in [0.3, 0.4) is 0 Å². The summed E-state index contributed by atoms with van der Waals surface area (Å²) in [6.45, 7) is 0. The SMILES string of the molecule is Fc1cccc(F)c1NC(CBr)c1ccc(CCCl)cc1. The molecule has 0 aliphatic heterocycles. The van der Waals surface area contributed by atoms with Crippen LogP contribution in [0.1, 0.15) is 17.2 Å². The number of anilines is 1. The van der Waals surface area contributed by atoms with Gasteiger partial charge in [0.05, 0.1) is 6.04 Å². The normalized spacial score (nSPS) is 12.2. The van der Waals surface area contributed by atoms with Crippen LogP contribution in [0.2, 0.25) is 0 Å². The highest BCUT2D eigenvalue weighted by molar-refractivity contribution is 9.09. The molecule has 0 spiro atoms. The molecule has 0 aliphatic carbocycles. The first kappa shape index (κ1) is 16.2. The van der Waals surface area contributed by atoms with Crippen molar-refractivity contribution >= 4 is 33.2 Å². The van der Waals surface area contributed by atoms with Gasteiger partial charge >= 0.3 is 0 Å². The first-order valence-corrected chi connectivity index (χ1v) is 8.22. The molecule has 2 aromatic rings. The first-order chi connectivity index (χ1) is 10.2. The summed E-state index contributed by atoms with van der Waals surface area (Å²) in [5.41, 5.74) is 1.98. The average Bonchev–Trinajstić information content (AvgIpc) is 2.49. The van der Waals surface area contributed by atoms with Crippen molar-refractivity contribution in [3.8, 4) is 0 Å². The molecule has 0 fully saturated rings. The maximum atomic E-state index is 13.7. The molecule has 2 aromatic carbocycles. The number of para-hydroxylation sites is 1. The lowest BCUT2D eigenvalue weighted by molar-refractivity contribution is 0.585. The van der Waals surface area contributed by atoms with E-state index in [9.17, 15) is 8.78 Å². The van der Waals surface area contributed by atoms with Crippen LogP contribution in [0.25, 0.3) is 0 Å². The van der Waals surface area contributed by atoms with Gasteiger partial charge in [0.15, 0.2) is 0 Å². The van der Waals surface area contributed by atoms with Crippen LogP contribution in [0, 0.1) is 11.6 Å². The molecule has 5 heteroatoms. The lowest BCUT2D eigenvalue weighted by atomic mass is 10.0. The van der Waals surface area contributed by atoms with Crippen molar-refractivity contribution in [3.05, 3.63) is 65.2 Å². The Morgan fingerprint density at radius 3 is 2.19 bits per heavy atom. The third-order valence-electron chi connectivity index (χ3n) is 3.20. The summed E-state index contributed by atoms with van der Waals surface area (Å²) < 4.78 is 27.4. The van der Waals surface area contributed by atoms with Crippen molar-refractivity contribution in [1.29, 1.82) is 0 Å². The number of benzene rings is 2. The van der Waals surface area contributed by atoms with Crippen LogP contribution < -0.4 is 5.32 Å². The molecular formula is C16H15BrClF2N. The van der Waals surface area contributed by atoms with Crippen molar-refractivity contribution in [3.63, 3.8) is 0 Å². The minimum atomic E-state index is -0.597. The Hall–Kier alpha value is -1.13. The molecule has 0 saturated carbocycles. The van der Waals surface area contributed by atoms with Crippen LogP contribution in [-0.4, -0.2) is 11.2 Å². The third kappa shape index (κ3) is 4.17. The second-order valence-corrected chi connectivity index (χ2v) is 5.65. The number of hydrogen-bond donors (Lipinski definition) is 1. The fourth-order valence-corrected chi connectivity index (χ4v) is 2.80.